The minimum absolute atomic E-state index is 0.00412. The number of carbonyl (C=O) groups is 2. The first-order valence-electron chi connectivity index (χ1n) is 7.55. The second kappa shape index (κ2) is 6.16. The van der Waals surface area contributed by atoms with Gasteiger partial charge in [-0.25, -0.2) is 0 Å². The summed E-state index contributed by atoms with van der Waals surface area (Å²) in [5.74, 6) is -1.79. The summed E-state index contributed by atoms with van der Waals surface area (Å²) in [4.78, 5) is 30.4. The van der Waals surface area contributed by atoms with Gasteiger partial charge in [0.15, 0.2) is 11.5 Å². The van der Waals surface area contributed by atoms with Gasteiger partial charge < -0.3 is 10.2 Å². The van der Waals surface area contributed by atoms with E-state index in [2.05, 4.69) is 4.98 Å². The fourth-order valence-corrected chi connectivity index (χ4v) is 2.81. The molecule has 1 aliphatic heterocycles. The van der Waals surface area contributed by atoms with Crippen LogP contribution in [0.4, 0.5) is 5.69 Å². The Morgan fingerprint density at radius 1 is 1.17 bits per heavy atom. The van der Waals surface area contributed by atoms with E-state index < -0.39 is 17.7 Å². The van der Waals surface area contributed by atoms with Crippen LogP contribution < -0.4 is 4.90 Å². The van der Waals surface area contributed by atoms with Crippen molar-refractivity contribution in [3.63, 3.8) is 0 Å². The summed E-state index contributed by atoms with van der Waals surface area (Å²) in [6, 6.07) is 10.5. The molecule has 2 heterocycles. The van der Waals surface area contributed by atoms with Crippen LogP contribution in [0.5, 0.6) is 5.75 Å². The highest BCUT2D eigenvalue weighted by atomic mass is 16.3. The number of Topliss-reactive ketones (excluding diaryl/α,β-unsaturated/α-hetero) is 1. The van der Waals surface area contributed by atoms with Gasteiger partial charge in [-0.3, -0.25) is 19.5 Å². The lowest BCUT2D eigenvalue weighted by molar-refractivity contribution is -0.118. The molecule has 6 nitrogen and oxygen atoms in total. The molecule has 0 aliphatic carbocycles. The second-order valence-electron chi connectivity index (χ2n) is 5.36. The Kier molecular flexibility index (Phi) is 4.04. The van der Waals surface area contributed by atoms with Crippen LogP contribution in [0.15, 0.2) is 60.0 Å². The summed E-state index contributed by atoms with van der Waals surface area (Å²) in [7, 11) is 0. The number of hydrogen-bond donors (Lipinski definition) is 2. The highest BCUT2D eigenvalue weighted by Crippen LogP contribution is 2.43. The average molecular weight is 324 g/mol. The van der Waals surface area contributed by atoms with E-state index in [9.17, 15) is 19.8 Å². The summed E-state index contributed by atoms with van der Waals surface area (Å²) in [5, 5.41) is 20.4. The van der Waals surface area contributed by atoms with Crippen LogP contribution in [0.1, 0.15) is 25.1 Å². The predicted molar refractivity (Wildman–Crippen MR) is 87.5 cm³/mol. The van der Waals surface area contributed by atoms with Gasteiger partial charge in [0.1, 0.15) is 11.8 Å². The number of phenols is 1. The summed E-state index contributed by atoms with van der Waals surface area (Å²) in [5.41, 5.74) is 0.656. The van der Waals surface area contributed by atoms with Gasteiger partial charge in [0.2, 0.25) is 0 Å². The highest BCUT2D eigenvalue weighted by molar-refractivity contribution is 6.16. The molecule has 1 unspecified atom stereocenters. The van der Waals surface area contributed by atoms with Gasteiger partial charge in [0.05, 0.1) is 17.0 Å². The number of nitrogens with zero attached hydrogens (tertiary/aromatic N) is 2. The number of pyridine rings is 1. The number of ketones is 1. The second-order valence-corrected chi connectivity index (χ2v) is 5.36. The smallest absolute Gasteiger partial charge is 0.294 e. The number of amides is 1. The van der Waals surface area contributed by atoms with E-state index in [0.717, 1.165) is 0 Å². The molecule has 0 saturated carbocycles. The maximum atomic E-state index is 12.6. The number of benzene rings is 1. The van der Waals surface area contributed by atoms with Gasteiger partial charge in [0.25, 0.3) is 5.91 Å². The number of aliphatic hydroxyl groups is 1. The molecule has 1 atom stereocenters. The predicted octanol–water partition coefficient (Wildman–Crippen LogP) is 2.67. The number of aromatic nitrogens is 1. The molecule has 1 aromatic carbocycles. The number of rotatable bonds is 4. The zero-order valence-electron chi connectivity index (χ0n) is 13.0. The van der Waals surface area contributed by atoms with Crippen molar-refractivity contribution < 1.29 is 19.8 Å². The summed E-state index contributed by atoms with van der Waals surface area (Å²) in [6.45, 7) is 1.66. The Hall–Kier alpha value is -3.15. The molecule has 0 saturated heterocycles. The van der Waals surface area contributed by atoms with Crippen molar-refractivity contribution >= 4 is 17.4 Å². The minimum Gasteiger partial charge on any atom is -0.506 e. The first-order chi connectivity index (χ1) is 11.6. The van der Waals surface area contributed by atoms with Crippen LogP contribution in [-0.4, -0.2) is 26.9 Å². The molecule has 1 aliphatic rings. The van der Waals surface area contributed by atoms with Crippen molar-refractivity contribution in [1.29, 1.82) is 0 Å². The molecule has 2 aromatic rings. The molecule has 24 heavy (non-hydrogen) atoms. The van der Waals surface area contributed by atoms with Gasteiger partial charge in [-0.05, 0) is 24.3 Å². The third kappa shape index (κ3) is 2.42. The summed E-state index contributed by atoms with van der Waals surface area (Å²) in [6.07, 6.45) is 1.69. The van der Waals surface area contributed by atoms with Gasteiger partial charge in [-0.1, -0.05) is 25.1 Å². The zero-order chi connectivity index (χ0) is 17.3. The molecule has 0 fully saturated rings. The number of aromatic hydroxyl groups is 1. The SMILES string of the molecule is CCC(=O)C1=C(O)C(=O)N(c2ccccc2O)C1c1ccccn1. The minimum atomic E-state index is -0.876. The molecule has 1 amide bonds. The van der Waals surface area contributed by atoms with Crippen LogP contribution in [0, 0.1) is 0 Å². The first-order valence-corrected chi connectivity index (χ1v) is 7.55. The van der Waals surface area contributed by atoms with Crippen LogP contribution >= 0.6 is 0 Å². The topological polar surface area (TPSA) is 90.7 Å². The van der Waals surface area contributed by atoms with Gasteiger partial charge in [0, 0.05) is 12.6 Å². The summed E-state index contributed by atoms with van der Waals surface area (Å²) < 4.78 is 0. The first kappa shape index (κ1) is 15.7. The van der Waals surface area contributed by atoms with E-state index in [1.165, 1.54) is 11.0 Å². The molecular formula is C18H16N2O4. The van der Waals surface area contributed by atoms with Crippen molar-refractivity contribution in [3.05, 3.63) is 65.7 Å². The Labute approximate surface area is 138 Å². The highest BCUT2D eigenvalue weighted by Gasteiger charge is 2.45. The molecule has 0 radical (unpaired) electrons. The van der Waals surface area contributed by atoms with Crippen LogP contribution in [0.2, 0.25) is 0 Å². The fourth-order valence-electron chi connectivity index (χ4n) is 2.81. The monoisotopic (exact) mass is 324 g/mol. The lowest BCUT2D eigenvalue weighted by atomic mass is 9.98. The Morgan fingerprint density at radius 2 is 1.88 bits per heavy atom. The van der Waals surface area contributed by atoms with Crippen molar-refractivity contribution in [3.8, 4) is 5.75 Å². The van der Waals surface area contributed by atoms with Crippen molar-refractivity contribution in [1.82, 2.24) is 4.98 Å². The van der Waals surface area contributed by atoms with Crippen molar-refractivity contribution in [2.24, 2.45) is 0 Å². The van der Waals surface area contributed by atoms with E-state index in [-0.39, 0.29) is 29.2 Å². The largest absolute Gasteiger partial charge is 0.506 e. The van der Waals surface area contributed by atoms with E-state index in [1.807, 2.05) is 0 Å². The Bertz CT molecular complexity index is 830. The maximum Gasteiger partial charge on any atom is 0.294 e. The van der Waals surface area contributed by atoms with Gasteiger partial charge >= 0.3 is 0 Å². The average Bonchev–Trinajstić information content (AvgIpc) is 2.87. The third-order valence-corrected chi connectivity index (χ3v) is 3.94. The van der Waals surface area contributed by atoms with E-state index >= 15 is 0 Å². The van der Waals surface area contributed by atoms with Gasteiger partial charge in [-0.2, -0.15) is 0 Å². The Morgan fingerprint density at radius 3 is 2.50 bits per heavy atom. The van der Waals surface area contributed by atoms with E-state index in [4.69, 9.17) is 0 Å². The standard InChI is InChI=1S/C18H16N2O4/c1-2-13(21)15-16(11-7-5-6-10-19-11)20(18(24)17(15)23)12-8-3-4-9-14(12)22/h3-10,16,22-23H,2H2,1H3. The zero-order valence-corrected chi connectivity index (χ0v) is 13.0. The van der Waals surface area contributed by atoms with E-state index in [1.54, 1.807) is 49.5 Å². The third-order valence-electron chi connectivity index (χ3n) is 3.94. The van der Waals surface area contributed by atoms with Crippen molar-refractivity contribution in [2.75, 3.05) is 4.90 Å². The number of para-hydroxylation sites is 2. The quantitative estimate of drug-likeness (QED) is 0.902. The van der Waals surface area contributed by atoms with Crippen LogP contribution in [0.25, 0.3) is 0 Å². The molecule has 6 heteroatoms. The number of hydrogen-bond acceptors (Lipinski definition) is 5. The number of anilines is 1. The molecule has 0 bridgehead atoms. The normalized spacial score (nSPS) is 17.5. The molecule has 3 rings (SSSR count). The number of aliphatic hydroxyl groups excluding tert-OH is 1. The molecule has 2 N–H and O–H groups in total. The maximum absolute atomic E-state index is 12.6. The van der Waals surface area contributed by atoms with Crippen LogP contribution in [-0.2, 0) is 9.59 Å². The summed E-state index contributed by atoms with van der Waals surface area (Å²) >= 11 is 0. The lowest BCUT2D eigenvalue weighted by Crippen LogP contribution is -2.31. The fraction of sp³-hybridized carbons (Fsp3) is 0.167. The lowest BCUT2D eigenvalue weighted by Gasteiger charge is -2.26. The number of carbonyl (C=O) groups excluding carboxylic acids is 2. The number of phenolic OH excluding ortho intramolecular Hbond substituents is 1. The van der Waals surface area contributed by atoms with Gasteiger partial charge in [-0.15, -0.1) is 0 Å². The van der Waals surface area contributed by atoms with Crippen LogP contribution in [0.3, 0.4) is 0 Å². The molecule has 1 aromatic heterocycles. The van der Waals surface area contributed by atoms with E-state index in [0.29, 0.717) is 5.69 Å². The molecule has 122 valence electrons. The molecule has 0 spiro atoms. The molecular weight excluding hydrogens is 308 g/mol. The van der Waals surface area contributed by atoms with Crippen molar-refractivity contribution in [2.45, 2.75) is 19.4 Å². The Balaban J connectivity index is 2.21.